The van der Waals surface area contributed by atoms with Gasteiger partial charge in [0.15, 0.2) is 0 Å². The quantitative estimate of drug-likeness (QED) is 0.669. The highest BCUT2D eigenvalue weighted by molar-refractivity contribution is 5.95. The Morgan fingerprint density at radius 3 is 2.95 bits per heavy atom. The van der Waals surface area contributed by atoms with Crippen LogP contribution in [0.25, 0.3) is 0 Å². The van der Waals surface area contributed by atoms with Crippen LogP contribution in [0.3, 0.4) is 0 Å². The zero-order valence-electron chi connectivity index (χ0n) is 11.1. The summed E-state index contributed by atoms with van der Waals surface area (Å²) < 4.78 is 5.38. The van der Waals surface area contributed by atoms with Gasteiger partial charge >= 0.3 is 5.97 Å². The molecule has 1 aliphatic rings. The Morgan fingerprint density at radius 1 is 1.60 bits per heavy atom. The number of nitro benzene ring substituents is 1. The number of hydrogen-bond acceptors (Lipinski definition) is 5. The summed E-state index contributed by atoms with van der Waals surface area (Å²) >= 11 is 0. The third-order valence-corrected chi connectivity index (χ3v) is 3.43. The summed E-state index contributed by atoms with van der Waals surface area (Å²) in [5.74, 6) is -1.09. The van der Waals surface area contributed by atoms with Crippen molar-refractivity contribution in [3.8, 4) is 0 Å². The van der Waals surface area contributed by atoms with Crippen LogP contribution in [0.4, 0.5) is 11.4 Å². The summed E-state index contributed by atoms with van der Waals surface area (Å²) in [6.45, 7) is 3.49. The number of non-ortho nitro benzene ring substituents is 1. The average molecular weight is 280 g/mol. The van der Waals surface area contributed by atoms with Gasteiger partial charge < -0.3 is 14.7 Å². The van der Waals surface area contributed by atoms with Crippen LogP contribution in [-0.4, -0.2) is 41.8 Å². The van der Waals surface area contributed by atoms with E-state index in [1.807, 2.05) is 11.8 Å². The highest BCUT2D eigenvalue weighted by Gasteiger charge is 2.27. The molecule has 0 bridgehead atoms. The molecule has 0 saturated carbocycles. The second-order valence-electron chi connectivity index (χ2n) is 4.59. The lowest BCUT2D eigenvalue weighted by atomic mass is 10.1. The lowest BCUT2D eigenvalue weighted by Gasteiger charge is -2.37. The fourth-order valence-corrected chi connectivity index (χ4v) is 2.36. The molecule has 20 heavy (non-hydrogen) atoms. The van der Waals surface area contributed by atoms with E-state index in [0.29, 0.717) is 25.4 Å². The summed E-state index contributed by atoms with van der Waals surface area (Å²) in [7, 11) is 0. The molecule has 0 aromatic heterocycles. The topological polar surface area (TPSA) is 92.9 Å². The van der Waals surface area contributed by atoms with E-state index in [0.717, 1.165) is 6.42 Å². The number of nitrogens with zero attached hydrogens (tertiary/aromatic N) is 2. The molecular weight excluding hydrogens is 264 g/mol. The van der Waals surface area contributed by atoms with Crippen molar-refractivity contribution in [3.05, 3.63) is 33.9 Å². The van der Waals surface area contributed by atoms with E-state index in [9.17, 15) is 20.0 Å². The molecule has 7 nitrogen and oxygen atoms in total. The Labute approximate surface area is 115 Å². The summed E-state index contributed by atoms with van der Waals surface area (Å²) in [5.41, 5.74) is 0.365. The summed E-state index contributed by atoms with van der Waals surface area (Å²) in [4.78, 5) is 23.6. The first kappa shape index (κ1) is 14.3. The minimum atomic E-state index is -1.09. The molecule has 1 N–H and O–H groups in total. The fraction of sp³-hybridized carbons (Fsp3) is 0.462. The smallest absolute Gasteiger partial charge is 0.337 e. The van der Waals surface area contributed by atoms with Crippen molar-refractivity contribution in [1.29, 1.82) is 0 Å². The molecule has 1 aliphatic heterocycles. The number of carboxylic acid groups (broad SMARTS) is 1. The van der Waals surface area contributed by atoms with Gasteiger partial charge in [0.2, 0.25) is 0 Å². The molecule has 1 aromatic carbocycles. The van der Waals surface area contributed by atoms with Crippen LogP contribution < -0.4 is 4.90 Å². The largest absolute Gasteiger partial charge is 0.478 e. The van der Waals surface area contributed by atoms with E-state index in [-0.39, 0.29) is 17.3 Å². The predicted octanol–water partition coefficient (Wildman–Crippen LogP) is 1.91. The first-order valence-electron chi connectivity index (χ1n) is 6.40. The number of carboxylic acids is 1. The first-order valence-corrected chi connectivity index (χ1v) is 6.40. The molecule has 1 heterocycles. The van der Waals surface area contributed by atoms with E-state index >= 15 is 0 Å². The van der Waals surface area contributed by atoms with Crippen LogP contribution in [0.2, 0.25) is 0 Å². The van der Waals surface area contributed by atoms with Crippen molar-refractivity contribution in [2.75, 3.05) is 24.7 Å². The average Bonchev–Trinajstić information content (AvgIpc) is 2.46. The fourth-order valence-electron chi connectivity index (χ4n) is 2.36. The number of carbonyl (C=O) groups is 1. The molecule has 0 amide bonds. The van der Waals surface area contributed by atoms with Crippen molar-refractivity contribution in [1.82, 2.24) is 0 Å². The highest BCUT2D eigenvalue weighted by atomic mass is 16.6. The number of nitro groups is 1. The second-order valence-corrected chi connectivity index (χ2v) is 4.59. The van der Waals surface area contributed by atoms with E-state index < -0.39 is 10.9 Å². The third kappa shape index (κ3) is 2.72. The molecule has 108 valence electrons. The van der Waals surface area contributed by atoms with Gasteiger partial charge in [-0.05, 0) is 12.5 Å². The number of anilines is 1. The van der Waals surface area contributed by atoms with Gasteiger partial charge in [0.1, 0.15) is 0 Å². The van der Waals surface area contributed by atoms with Gasteiger partial charge in [0.25, 0.3) is 5.69 Å². The van der Waals surface area contributed by atoms with Crippen LogP contribution in [-0.2, 0) is 4.74 Å². The first-order chi connectivity index (χ1) is 9.54. The zero-order chi connectivity index (χ0) is 14.7. The van der Waals surface area contributed by atoms with Crippen molar-refractivity contribution in [2.24, 2.45) is 0 Å². The lowest BCUT2D eigenvalue weighted by Crippen LogP contribution is -2.45. The molecule has 1 saturated heterocycles. The Morgan fingerprint density at radius 2 is 2.35 bits per heavy atom. The molecule has 1 atom stereocenters. The maximum atomic E-state index is 11.3. The Balaban J connectivity index is 2.47. The Kier molecular flexibility index (Phi) is 4.19. The lowest BCUT2D eigenvalue weighted by molar-refractivity contribution is -0.384. The molecule has 7 heteroatoms. The van der Waals surface area contributed by atoms with E-state index in [1.54, 1.807) is 0 Å². The van der Waals surface area contributed by atoms with E-state index in [4.69, 9.17) is 4.74 Å². The highest BCUT2D eigenvalue weighted by Crippen LogP contribution is 2.29. The molecule has 0 radical (unpaired) electrons. The minimum Gasteiger partial charge on any atom is -0.478 e. The van der Waals surface area contributed by atoms with E-state index in [1.165, 1.54) is 18.2 Å². The zero-order valence-corrected chi connectivity index (χ0v) is 11.1. The van der Waals surface area contributed by atoms with Crippen LogP contribution in [0.1, 0.15) is 23.7 Å². The SMILES string of the molecule is CCC1COCCN1c1cc([N+](=O)[O-])ccc1C(=O)O. The molecular formula is C13H16N2O5. The third-order valence-electron chi connectivity index (χ3n) is 3.43. The van der Waals surface area contributed by atoms with Crippen LogP contribution in [0.5, 0.6) is 0 Å². The minimum absolute atomic E-state index is 0.0313. The summed E-state index contributed by atoms with van der Waals surface area (Å²) in [6, 6.07) is 3.87. The second kappa shape index (κ2) is 5.87. The molecule has 1 aromatic rings. The van der Waals surface area contributed by atoms with Crippen LogP contribution in [0.15, 0.2) is 18.2 Å². The molecule has 0 aliphatic carbocycles. The molecule has 1 fully saturated rings. The van der Waals surface area contributed by atoms with Gasteiger partial charge in [-0.3, -0.25) is 10.1 Å². The van der Waals surface area contributed by atoms with Crippen molar-refractivity contribution < 1.29 is 19.6 Å². The predicted molar refractivity (Wildman–Crippen MR) is 72.3 cm³/mol. The summed E-state index contributed by atoms with van der Waals surface area (Å²) in [6.07, 6.45) is 0.780. The number of ether oxygens (including phenoxy) is 1. The number of benzene rings is 1. The van der Waals surface area contributed by atoms with Crippen molar-refractivity contribution >= 4 is 17.3 Å². The number of hydrogen-bond donors (Lipinski definition) is 1. The number of rotatable bonds is 4. The van der Waals surface area contributed by atoms with E-state index in [2.05, 4.69) is 0 Å². The maximum absolute atomic E-state index is 11.3. The van der Waals surface area contributed by atoms with Crippen LogP contribution >= 0.6 is 0 Å². The molecule has 2 rings (SSSR count). The number of aromatic carboxylic acids is 1. The van der Waals surface area contributed by atoms with Crippen LogP contribution in [0, 0.1) is 10.1 Å². The molecule has 1 unspecified atom stereocenters. The maximum Gasteiger partial charge on any atom is 0.337 e. The summed E-state index contributed by atoms with van der Waals surface area (Å²) in [5, 5.41) is 20.1. The molecule has 0 spiro atoms. The van der Waals surface area contributed by atoms with Gasteiger partial charge in [-0.15, -0.1) is 0 Å². The van der Waals surface area contributed by atoms with Gasteiger partial charge in [0, 0.05) is 18.7 Å². The van der Waals surface area contributed by atoms with Gasteiger partial charge in [0.05, 0.1) is 35.4 Å². The van der Waals surface area contributed by atoms with Gasteiger partial charge in [-0.1, -0.05) is 6.92 Å². The Hall–Kier alpha value is -2.15. The van der Waals surface area contributed by atoms with Gasteiger partial charge in [-0.2, -0.15) is 0 Å². The van der Waals surface area contributed by atoms with Gasteiger partial charge in [-0.25, -0.2) is 4.79 Å². The van der Waals surface area contributed by atoms with Crippen molar-refractivity contribution in [2.45, 2.75) is 19.4 Å². The number of morpholine rings is 1. The van der Waals surface area contributed by atoms with Crippen molar-refractivity contribution in [3.63, 3.8) is 0 Å². The standard InChI is InChI=1S/C13H16N2O5/c1-2-9-8-20-6-5-14(9)12-7-10(15(18)19)3-4-11(12)13(16)17/h3-4,7,9H,2,5-6,8H2,1H3,(H,16,17). The normalized spacial score (nSPS) is 18.9. The monoisotopic (exact) mass is 280 g/mol. The Bertz CT molecular complexity index is 531.